The van der Waals surface area contributed by atoms with E-state index in [0.717, 1.165) is 57.9 Å². The lowest BCUT2D eigenvalue weighted by molar-refractivity contribution is -0.744. The van der Waals surface area contributed by atoms with Crippen molar-refractivity contribution in [2.75, 3.05) is 33.7 Å². The number of hydrogen-bond acceptors (Lipinski definition) is 12. The fraction of sp³-hybridized carbons (Fsp3) is 0.974. The number of rotatable bonds is 16. The van der Waals surface area contributed by atoms with Crippen LogP contribution in [-0.2, 0) is 23.7 Å². The molecule has 0 aromatic carbocycles. The molecule has 2 saturated carbocycles. The van der Waals surface area contributed by atoms with Gasteiger partial charge in [-0.1, -0.05) is 0 Å². The highest BCUT2D eigenvalue weighted by molar-refractivity contribution is 5.65. The minimum absolute atomic E-state index is 0.0233. The van der Waals surface area contributed by atoms with Crippen LogP contribution >= 0.6 is 0 Å². The molecule has 5 fully saturated rings. The zero-order valence-electron chi connectivity index (χ0n) is 31.5. The van der Waals surface area contributed by atoms with Crippen molar-refractivity contribution in [3.63, 3.8) is 0 Å². The van der Waals surface area contributed by atoms with Crippen LogP contribution in [0.2, 0.25) is 0 Å². The third kappa shape index (κ3) is 10.8. The summed E-state index contributed by atoms with van der Waals surface area (Å²) in [5, 5.41) is 69.2. The lowest BCUT2D eigenvalue weighted by Gasteiger charge is -2.49. The van der Waals surface area contributed by atoms with Crippen LogP contribution in [0.5, 0.6) is 0 Å². The van der Waals surface area contributed by atoms with Crippen LogP contribution in [0, 0.1) is 29.1 Å². The van der Waals surface area contributed by atoms with Crippen LogP contribution in [-0.4, -0.2) is 132 Å². The number of ether oxygens (including phenoxy) is 4. The van der Waals surface area contributed by atoms with Gasteiger partial charge in [-0.15, -0.1) is 0 Å². The summed E-state index contributed by atoms with van der Waals surface area (Å²) < 4.78 is 24.7. The number of quaternary nitrogens is 2. The summed E-state index contributed by atoms with van der Waals surface area (Å²) in [5.74, 6) is -0.798. The van der Waals surface area contributed by atoms with Crippen LogP contribution in [0.4, 0.5) is 0 Å². The zero-order chi connectivity index (χ0) is 37.4. The van der Waals surface area contributed by atoms with E-state index in [9.17, 15) is 35.4 Å². The van der Waals surface area contributed by atoms with Gasteiger partial charge in [-0.25, -0.2) is 0 Å². The second-order valence-corrected chi connectivity index (χ2v) is 17.2. The highest BCUT2D eigenvalue weighted by atomic mass is 16.6. The second-order valence-electron chi connectivity index (χ2n) is 17.2. The number of aliphatic hydroxyl groups is 5. The van der Waals surface area contributed by atoms with E-state index in [1.807, 2.05) is 0 Å². The molecule has 16 atom stereocenters. The van der Waals surface area contributed by atoms with Crippen molar-refractivity contribution in [1.29, 1.82) is 0 Å². The summed E-state index contributed by atoms with van der Waals surface area (Å²) in [7, 11) is 1.58. The molecule has 16 unspecified atom stereocenters. The zero-order valence-corrected chi connectivity index (χ0v) is 31.5. The molecule has 2 aliphatic carbocycles. The Kier molecular flexibility index (Phi) is 16.0. The first-order valence-corrected chi connectivity index (χ1v) is 20.3. The average molecular weight is 745 g/mol. The number of carbonyl (C=O) groups is 1. The summed E-state index contributed by atoms with van der Waals surface area (Å²) in [4.78, 5) is 12.3. The maximum Gasteiger partial charge on any atom is 0.144 e. The first kappa shape index (κ1) is 42.1. The van der Waals surface area contributed by atoms with E-state index in [-0.39, 0.29) is 62.0 Å². The minimum Gasteiger partial charge on any atom is -0.550 e. The molecule has 3 heterocycles. The van der Waals surface area contributed by atoms with E-state index in [1.54, 1.807) is 7.11 Å². The van der Waals surface area contributed by atoms with E-state index in [0.29, 0.717) is 56.4 Å². The monoisotopic (exact) mass is 745 g/mol. The van der Waals surface area contributed by atoms with Crippen molar-refractivity contribution in [3.8, 4) is 0 Å². The largest absolute Gasteiger partial charge is 0.550 e. The van der Waals surface area contributed by atoms with Gasteiger partial charge in [0.05, 0.1) is 61.9 Å². The van der Waals surface area contributed by atoms with Crippen LogP contribution in [0.1, 0.15) is 103 Å². The van der Waals surface area contributed by atoms with Gasteiger partial charge in [0.2, 0.25) is 0 Å². The average Bonchev–Trinajstić information content (AvgIpc) is 3.10. The third-order valence-corrected chi connectivity index (χ3v) is 13.7. The molecule has 0 aromatic rings. The standard InChI is InChI=1S/C38H69N3O11/c1-22-7-10-38(19-35(46)47,18-24-8-11-40-34(39)14-24)33(41-22)20-50-32-16-25(15-31(49-2)36(32)48)37-27(9-12-42)29(45)17-26(52-37)5-3-23-4-6-28(44)30(13-23)51-21-43/h22-34,36-37,40-45,48H,3-21,39H2,1-2H3,(H,46,47)/p+1. The molecule has 14 nitrogen and oxygen atoms in total. The van der Waals surface area contributed by atoms with Crippen molar-refractivity contribution < 1.29 is 65.0 Å². The summed E-state index contributed by atoms with van der Waals surface area (Å²) in [6.45, 7) is 2.88. The molecule has 3 aliphatic heterocycles. The number of piperidine rings is 2. The van der Waals surface area contributed by atoms with Crippen LogP contribution in [0.15, 0.2) is 0 Å². The van der Waals surface area contributed by atoms with Gasteiger partial charge in [0, 0.05) is 37.4 Å². The van der Waals surface area contributed by atoms with Gasteiger partial charge in [-0.3, -0.25) is 5.73 Å². The number of carboxylic acid groups (broad SMARTS) is 1. The summed E-state index contributed by atoms with van der Waals surface area (Å²) in [6, 6.07) is 0.175. The Hall–Kier alpha value is -1.01. The highest BCUT2D eigenvalue weighted by Gasteiger charge is 2.50. The van der Waals surface area contributed by atoms with Crippen LogP contribution < -0.4 is 21.5 Å². The molecule has 52 heavy (non-hydrogen) atoms. The first-order valence-electron chi connectivity index (χ1n) is 20.3. The van der Waals surface area contributed by atoms with E-state index in [1.165, 1.54) is 0 Å². The molecular formula is C38H70N3O11+. The Morgan fingerprint density at radius 2 is 1.71 bits per heavy atom. The number of nitrogens with two attached hydrogens (primary N) is 3. The van der Waals surface area contributed by atoms with Crippen LogP contribution in [0.25, 0.3) is 0 Å². The van der Waals surface area contributed by atoms with Crippen molar-refractivity contribution in [1.82, 2.24) is 0 Å². The number of aliphatic hydroxyl groups excluding tert-OH is 5. The molecule has 0 amide bonds. The molecule has 5 rings (SSSR count). The SMILES string of the molecule is COC1CC(C2OC(CCC3CCC(O)C(OCO)C3)CC(O)C2CCO)CC(OCC2[NH2+]C(C)CCC2(CC(=O)[O-])CC2CC[NH2+]C(N)C2)C1O. The lowest BCUT2D eigenvalue weighted by Crippen LogP contribution is -3.00. The van der Waals surface area contributed by atoms with Crippen molar-refractivity contribution in [3.05, 3.63) is 0 Å². The molecule has 0 aromatic heterocycles. The van der Waals surface area contributed by atoms with Gasteiger partial charge < -0.3 is 65.0 Å². The van der Waals surface area contributed by atoms with E-state index >= 15 is 0 Å². The fourth-order valence-corrected chi connectivity index (χ4v) is 10.8. The Balaban J connectivity index is 1.28. The molecule has 0 bridgehead atoms. The molecule has 0 spiro atoms. The van der Waals surface area contributed by atoms with Crippen molar-refractivity contribution >= 4 is 5.97 Å². The van der Waals surface area contributed by atoms with Crippen molar-refractivity contribution in [2.45, 2.75) is 170 Å². The smallest absolute Gasteiger partial charge is 0.144 e. The number of carbonyl (C=O) groups excluding carboxylic acids is 1. The minimum atomic E-state index is -1.05. The Labute approximate surface area is 309 Å². The number of hydrogen-bond donors (Lipinski definition) is 8. The Morgan fingerprint density at radius 1 is 0.923 bits per heavy atom. The number of methoxy groups -OCH3 is 1. The van der Waals surface area contributed by atoms with Gasteiger partial charge in [0.15, 0.2) is 0 Å². The molecule has 5 aliphatic rings. The van der Waals surface area contributed by atoms with Crippen LogP contribution in [0.3, 0.4) is 0 Å². The van der Waals surface area contributed by atoms with Gasteiger partial charge in [0.25, 0.3) is 0 Å². The quantitative estimate of drug-likeness (QED) is 0.0790. The fourth-order valence-electron chi connectivity index (χ4n) is 10.8. The molecule has 11 N–H and O–H groups in total. The summed E-state index contributed by atoms with van der Waals surface area (Å²) in [6.07, 6.45) is 5.67. The predicted molar refractivity (Wildman–Crippen MR) is 187 cm³/mol. The van der Waals surface area contributed by atoms with E-state index < -0.39 is 48.7 Å². The van der Waals surface area contributed by atoms with Gasteiger partial charge in [-0.2, -0.15) is 0 Å². The van der Waals surface area contributed by atoms with E-state index in [4.69, 9.17) is 24.7 Å². The summed E-state index contributed by atoms with van der Waals surface area (Å²) >= 11 is 0. The maximum absolute atomic E-state index is 12.3. The number of aliphatic carboxylic acids is 1. The van der Waals surface area contributed by atoms with Gasteiger partial charge >= 0.3 is 0 Å². The summed E-state index contributed by atoms with van der Waals surface area (Å²) in [5.41, 5.74) is 5.79. The molecule has 302 valence electrons. The lowest BCUT2D eigenvalue weighted by atomic mass is 9.64. The van der Waals surface area contributed by atoms with Crippen molar-refractivity contribution in [2.24, 2.45) is 34.8 Å². The topological polar surface area (TPSA) is 237 Å². The molecule has 14 heteroatoms. The normalized spacial score (nSPS) is 44.7. The Morgan fingerprint density at radius 3 is 2.42 bits per heavy atom. The molecular weight excluding hydrogens is 674 g/mol. The molecule has 0 radical (unpaired) electrons. The first-order chi connectivity index (χ1) is 24.9. The second kappa shape index (κ2) is 19.7. The predicted octanol–water partition coefficient (Wildman–Crippen LogP) is -2.16. The van der Waals surface area contributed by atoms with Gasteiger partial charge in [0.1, 0.15) is 25.1 Å². The third-order valence-electron chi connectivity index (χ3n) is 13.7. The molecule has 3 saturated heterocycles. The number of carboxylic acids is 1. The maximum atomic E-state index is 12.3. The Bertz CT molecular complexity index is 1090. The van der Waals surface area contributed by atoms with E-state index in [2.05, 4.69) is 17.6 Å². The highest BCUT2D eigenvalue weighted by Crippen LogP contribution is 2.44. The van der Waals surface area contributed by atoms with Gasteiger partial charge in [-0.05, 0) is 115 Å².